The molecule has 1 aliphatic rings. The Bertz CT molecular complexity index is 489. The molecular weight excluding hydrogens is 264 g/mol. The first-order valence-electron chi connectivity index (χ1n) is 7.94. The molecule has 2 heterocycles. The second-order valence-electron chi connectivity index (χ2n) is 6.55. The van der Waals surface area contributed by atoms with E-state index in [4.69, 9.17) is 4.98 Å². The van der Waals surface area contributed by atoms with Crippen molar-refractivity contribution in [2.45, 2.75) is 59.0 Å². The van der Waals surface area contributed by atoms with E-state index < -0.39 is 5.60 Å². The molecule has 0 bridgehead atoms. The van der Waals surface area contributed by atoms with Crippen molar-refractivity contribution in [3.05, 3.63) is 11.4 Å². The molecule has 0 saturated carbocycles. The zero-order chi connectivity index (χ0) is 15.6. The zero-order valence-electron chi connectivity index (χ0n) is 13.9. The summed E-state index contributed by atoms with van der Waals surface area (Å²) in [6, 6.07) is 0. The van der Waals surface area contributed by atoms with Gasteiger partial charge in [-0.1, -0.05) is 13.8 Å². The number of nitrogens with one attached hydrogen (secondary N) is 1. The van der Waals surface area contributed by atoms with Gasteiger partial charge in [-0.2, -0.15) is 0 Å². The average Bonchev–Trinajstić information content (AvgIpc) is 2.41. The zero-order valence-corrected chi connectivity index (χ0v) is 13.9. The molecule has 0 unspecified atom stereocenters. The molecule has 1 aromatic rings. The van der Waals surface area contributed by atoms with Crippen molar-refractivity contribution in [1.82, 2.24) is 9.97 Å². The number of anilines is 2. The Morgan fingerprint density at radius 2 is 1.90 bits per heavy atom. The van der Waals surface area contributed by atoms with Gasteiger partial charge < -0.3 is 15.3 Å². The van der Waals surface area contributed by atoms with Crippen molar-refractivity contribution < 1.29 is 5.11 Å². The van der Waals surface area contributed by atoms with Crippen molar-refractivity contribution >= 4 is 11.6 Å². The molecule has 1 fully saturated rings. The van der Waals surface area contributed by atoms with Crippen LogP contribution in [0.3, 0.4) is 0 Å². The van der Waals surface area contributed by atoms with E-state index in [2.05, 4.69) is 42.9 Å². The van der Waals surface area contributed by atoms with Crippen LogP contribution in [0.15, 0.2) is 0 Å². The summed E-state index contributed by atoms with van der Waals surface area (Å²) < 4.78 is 0. The highest BCUT2D eigenvalue weighted by Crippen LogP contribution is 2.30. The van der Waals surface area contributed by atoms with Gasteiger partial charge in [0.05, 0.1) is 5.60 Å². The van der Waals surface area contributed by atoms with Crippen LogP contribution in [0.1, 0.15) is 57.8 Å². The first-order chi connectivity index (χ1) is 9.84. The van der Waals surface area contributed by atoms with Crippen LogP contribution in [-0.4, -0.2) is 40.3 Å². The molecule has 1 aromatic heterocycles. The van der Waals surface area contributed by atoms with Gasteiger partial charge >= 0.3 is 0 Å². The number of piperidine rings is 1. The molecule has 0 atom stereocenters. The van der Waals surface area contributed by atoms with Crippen LogP contribution in [0.25, 0.3) is 0 Å². The standard InChI is InChI=1S/C16H28N4O/c1-6-17-14-12(4)15(19-13(18-14)11(2)3)20-9-7-16(5,21)8-10-20/h11,21H,6-10H2,1-5H3,(H,17,18,19). The van der Waals surface area contributed by atoms with Gasteiger partial charge in [0.2, 0.25) is 0 Å². The maximum absolute atomic E-state index is 10.1. The highest BCUT2D eigenvalue weighted by molar-refractivity contribution is 5.59. The van der Waals surface area contributed by atoms with Gasteiger partial charge in [-0.15, -0.1) is 0 Å². The maximum Gasteiger partial charge on any atom is 0.137 e. The largest absolute Gasteiger partial charge is 0.390 e. The minimum absolute atomic E-state index is 0.301. The Morgan fingerprint density at radius 1 is 1.29 bits per heavy atom. The highest BCUT2D eigenvalue weighted by Gasteiger charge is 2.29. The number of aromatic nitrogens is 2. The van der Waals surface area contributed by atoms with Crippen LogP contribution in [0.5, 0.6) is 0 Å². The first-order valence-corrected chi connectivity index (χ1v) is 7.94. The van der Waals surface area contributed by atoms with E-state index in [-0.39, 0.29) is 0 Å². The summed E-state index contributed by atoms with van der Waals surface area (Å²) in [5.74, 6) is 3.13. The van der Waals surface area contributed by atoms with Crippen molar-refractivity contribution in [2.24, 2.45) is 0 Å². The van der Waals surface area contributed by atoms with Crippen LogP contribution in [0.2, 0.25) is 0 Å². The number of nitrogens with zero attached hydrogens (tertiary/aromatic N) is 3. The third-order valence-electron chi connectivity index (χ3n) is 4.14. The number of aliphatic hydroxyl groups is 1. The van der Waals surface area contributed by atoms with Gasteiger partial charge in [0, 0.05) is 31.1 Å². The fraction of sp³-hybridized carbons (Fsp3) is 0.750. The van der Waals surface area contributed by atoms with Gasteiger partial charge in [0.1, 0.15) is 17.5 Å². The Morgan fingerprint density at radius 3 is 2.43 bits per heavy atom. The fourth-order valence-electron chi connectivity index (χ4n) is 2.63. The number of hydrogen-bond donors (Lipinski definition) is 2. The quantitative estimate of drug-likeness (QED) is 0.893. The second kappa shape index (κ2) is 6.18. The van der Waals surface area contributed by atoms with Crippen LogP contribution in [0.4, 0.5) is 11.6 Å². The summed E-state index contributed by atoms with van der Waals surface area (Å²) in [7, 11) is 0. The van der Waals surface area contributed by atoms with E-state index in [1.807, 2.05) is 6.92 Å². The summed E-state index contributed by atoms with van der Waals surface area (Å²) in [6.45, 7) is 12.8. The third-order valence-corrected chi connectivity index (χ3v) is 4.14. The van der Waals surface area contributed by atoms with Crippen LogP contribution >= 0.6 is 0 Å². The molecule has 1 saturated heterocycles. The minimum Gasteiger partial charge on any atom is -0.390 e. The molecule has 21 heavy (non-hydrogen) atoms. The minimum atomic E-state index is -0.539. The van der Waals surface area contributed by atoms with E-state index in [0.717, 1.165) is 55.5 Å². The first kappa shape index (κ1) is 16.0. The third kappa shape index (κ3) is 3.64. The molecule has 0 radical (unpaired) electrons. The van der Waals surface area contributed by atoms with Crippen LogP contribution in [0, 0.1) is 6.92 Å². The fourth-order valence-corrected chi connectivity index (χ4v) is 2.63. The SMILES string of the molecule is CCNc1nc(C(C)C)nc(N2CCC(C)(O)CC2)c1C. The molecular formula is C16H28N4O. The molecule has 0 spiro atoms. The number of hydrogen-bond acceptors (Lipinski definition) is 5. The lowest BCUT2D eigenvalue weighted by Gasteiger charge is -2.37. The van der Waals surface area contributed by atoms with Gasteiger partial charge in [0.25, 0.3) is 0 Å². The molecule has 5 nitrogen and oxygen atoms in total. The predicted octanol–water partition coefficient (Wildman–Crippen LogP) is 2.69. The Hall–Kier alpha value is -1.36. The molecule has 0 amide bonds. The van der Waals surface area contributed by atoms with E-state index in [1.165, 1.54) is 0 Å². The normalized spacial score (nSPS) is 18.1. The van der Waals surface area contributed by atoms with Crippen LogP contribution in [-0.2, 0) is 0 Å². The van der Waals surface area contributed by atoms with E-state index >= 15 is 0 Å². The van der Waals surface area contributed by atoms with E-state index in [1.54, 1.807) is 0 Å². The lowest BCUT2D eigenvalue weighted by molar-refractivity contribution is 0.0350. The van der Waals surface area contributed by atoms with Gasteiger partial charge in [-0.25, -0.2) is 9.97 Å². The van der Waals surface area contributed by atoms with E-state index in [0.29, 0.717) is 5.92 Å². The Labute approximate surface area is 127 Å². The van der Waals surface area contributed by atoms with Crippen molar-refractivity contribution in [1.29, 1.82) is 0 Å². The van der Waals surface area contributed by atoms with Crippen molar-refractivity contribution in [3.63, 3.8) is 0 Å². The van der Waals surface area contributed by atoms with Crippen molar-refractivity contribution in [3.8, 4) is 0 Å². The summed E-state index contributed by atoms with van der Waals surface area (Å²) in [6.07, 6.45) is 1.56. The Kier molecular flexibility index (Phi) is 4.71. The second-order valence-corrected chi connectivity index (χ2v) is 6.55. The number of rotatable bonds is 4. The summed E-state index contributed by atoms with van der Waals surface area (Å²) in [5.41, 5.74) is 0.561. The molecule has 2 N–H and O–H groups in total. The molecule has 1 aliphatic heterocycles. The summed E-state index contributed by atoms with van der Waals surface area (Å²) >= 11 is 0. The lowest BCUT2D eigenvalue weighted by atomic mass is 9.93. The summed E-state index contributed by atoms with van der Waals surface area (Å²) in [5, 5.41) is 13.5. The Balaban J connectivity index is 2.33. The van der Waals surface area contributed by atoms with Crippen molar-refractivity contribution in [2.75, 3.05) is 29.9 Å². The smallest absolute Gasteiger partial charge is 0.137 e. The topological polar surface area (TPSA) is 61.3 Å². The highest BCUT2D eigenvalue weighted by atomic mass is 16.3. The van der Waals surface area contributed by atoms with Crippen LogP contribution < -0.4 is 10.2 Å². The molecule has 5 heteroatoms. The molecule has 0 aromatic carbocycles. The van der Waals surface area contributed by atoms with Gasteiger partial charge in [-0.05, 0) is 33.6 Å². The van der Waals surface area contributed by atoms with E-state index in [9.17, 15) is 5.11 Å². The average molecular weight is 292 g/mol. The summed E-state index contributed by atoms with van der Waals surface area (Å²) in [4.78, 5) is 11.7. The molecule has 2 rings (SSSR count). The predicted molar refractivity (Wildman–Crippen MR) is 87.1 cm³/mol. The molecule has 118 valence electrons. The maximum atomic E-state index is 10.1. The monoisotopic (exact) mass is 292 g/mol. The molecule has 0 aliphatic carbocycles. The van der Waals surface area contributed by atoms with Gasteiger partial charge in [-0.3, -0.25) is 0 Å². The van der Waals surface area contributed by atoms with Gasteiger partial charge in [0.15, 0.2) is 0 Å². The lowest BCUT2D eigenvalue weighted by Crippen LogP contribution is -2.43.